The molecule has 2 heterocycles. The van der Waals surface area contributed by atoms with Crippen LogP contribution in [-0.2, 0) is 0 Å². The summed E-state index contributed by atoms with van der Waals surface area (Å²) in [4.78, 5) is 8.44. The first-order valence-electron chi connectivity index (χ1n) is 7.08. The highest BCUT2D eigenvalue weighted by Gasteiger charge is 2.17. The first kappa shape index (κ1) is 17.5. The fourth-order valence-corrected chi connectivity index (χ4v) is 3.71. The molecule has 1 aromatic carbocycles. The number of hydrogen-bond acceptors (Lipinski definition) is 2. The molecule has 0 unspecified atom stereocenters. The summed E-state index contributed by atoms with van der Waals surface area (Å²) in [6.45, 7) is 5.59. The Balaban J connectivity index is 2.23. The van der Waals surface area contributed by atoms with Crippen LogP contribution >= 0.6 is 31.1 Å². The summed E-state index contributed by atoms with van der Waals surface area (Å²) in [5.74, 6) is -0.953. The first-order chi connectivity index (χ1) is 11.3. The van der Waals surface area contributed by atoms with E-state index < -0.39 is 13.7 Å². The average molecular weight is 385 g/mol. The summed E-state index contributed by atoms with van der Waals surface area (Å²) in [5, 5.41) is 1.12. The Morgan fingerprint density at radius 1 is 0.958 bits per heavy atom. The minimum atomic E-state index is -0.588. The third-order valence-electron chi connectivity index (χ3n) is 3.67. The molecule has 7 heteroatoms. The normalized spacial score (nSPS) is 11.5. The van der Waals surface area contributed by atoms with Crippen LogP contribution in [0.5, 0.6) is 0 Å². The third kappa shape index (κ3) is 2.99. The molecule has 124 valence electrons. The lowest BCUT2D eigenvalue weighted by molar-refractivity contribution is 0.625. The lowest BCUT2D eigenvalue weighted by atomic mass is 10.1. The zero-order chi connectivity index (χ0) is 17.6. The molecule has 0 aliphatic heterocycles. The third-order valence-corrected chi connectivity index (χ3v) is 5.92. The van der Waals surface area contributed by atoms with Crippen molar-refractivity contribution in [3.63, 3.8) is 0 Å². The fourth-order valence-electron chi connectivity index (χ4n) is 2.44. The van der Waals surface area contributed by atoms with Crippen molar-refractivity contribution in [2.24, 2.45) is 0 Å². The molecule has 2 nitrogen and oxygen atoms in total. The van der Waals surface area contributed by atoms with Crippen molar-refractivity contribution in [1.29, 1.82) is 0 Å². The number of aryl methyl sites for hydroxylation is 1. The second kappa shape index (κ2) is 6.51. The van der Waals surface area contributed by atoms with Crippen molar-refractivity contribution in [2.75, 3.05) is 13.3 Å². The average Bonchev–Trinajstić information content (AvgIpc) is 2.52. The molecule has 0 atom stereocenters. The van der Waals surface area contributed by atoms with Gasteiger partial charge in [0, 0.05) is 16.9 Å². The van der Waals surface area contributed by atoms with Crippen molar-refractivity contribution in [3.8, 4) is 11.3 Å². The van der Waals surface area contributed by atoms with Gasteiger partial charge in [-0.1, -0.05) is 43.3 Å². The SMILES string of the molecule is Cc1nc2cc(F)c(-c3ccc(P(C)C)c(F)c3)nc2c(Cl)c1Cl. The molecule has 0 N–H and O–H groups in total. The van der Waals surface area contributed by atoms with Crippen LogP contribution in [0.25, 0.3) is 22.3 Å². The van der Waals surface area contributed by atoms with Crippen LogP contribution in [0.3, 0.4) is 0 Å². The Kier molecular flexibility index (Phi) is 4.74. The Labute approximate surface area is 149 Å². The number of aromatic nitrogens is 2. The van der Waals surface area contributed by atoms with E-state index in [9.17, 15) is 8.78 Å². The fraction of sp³-hybridized carbons (Fsp3) is 0.176. The van der Waals surface area contributed by atoms with Crippen molar-refractivity contribution in [3.05, 3.63) is 51.6 Å². The predicted octanol–water partition coefficient (Wildman–Crippen LogP) is 5.56. The Hall–Kier alpha value is -1.35. The molecule has 0 radical (unpaired) electrons. The molecule has 24 heavy (non-hydrogen) atoms. The zero-order valence-corrected chi connectivity index (χ0v) is 15.6. The van der Waals surface area contributed by atoms with E-state index >= 15 is 0 Å². The molecular formula is C17H13Cl2F2N2P. The number of pyridine rings is 2. The van der Waals surface area contributed by atoms with Crippen LogP contribution in [0.4, 0.5) is 8.78 Å². The highest BCUT2D eigenvalue weighted by atomic mass is 35.5. The molecule has 0 saturated heterocycles. The number of fused-ring (bicyclic) bond motifs is 1. The van der Waals surface area contributed by atoms with Gasteiger partial charge in [-0.05, 0) is 26.3 Å². The molecule has 0 bridgehead atoms. The van der Waals surface area contributed by atoms with E-state index in [-0.39, 0.29) is 21.6 Å². The van der Waals surface area contributed by atoms with Crippen LogP contribution < -0.4 is 5.30 Å². The van der Waals surface area contributed by atoms with Gasteiger partial charge in [-0.15, -0.1) is 0 Å². The van der Waals surface area contributed by atoms with Gasteiger partial charge < -0.3 is 0 Å². The minimum absolute atomic E-state index is 0.0214. The Morgan fingerprint density at radius 3 is 2.29 bits per heavy atom. The number of halogens is 4. The second-order valence-electron chi connectivity index (χ2n) is 5.57. The van der Waals surface area contributed by atoms with Crippen LogP contribution in [0, 0.1) is 18.6 Å². The standard InChI is InChI=1S/C17H13Cl2F2N2P/c1-8-14(18)15(19)17-12(22-8)7-11(21)16(23-17)9-4-5-13(24(2)3)10(20)6-9/h4-7H,1-3H3. The quantitative estimate of drug-likeness (QED) is 0.540. The van der Waals surface area contributed by atoms with E-state index in [1.165, 1.54) is 12.1 Å². The Bertz CT molecular complexity index is 961. The van der Waals surface area contributed by atoms with Gasteiger partial charge in [-0.25, -0.2) is 18.7 Å². The number of hydrogen-bond donors (Lipinski definition) is 0. The Morgan fingerprint density at radius 2 is 1.67 bits per heavy atom. The monoisotopic (exact) mass is 384 g/mol. The summed E-state index contributed by atoms with van der Waals surface area (Å²) < 4.78 is 28.7. The molecule has 3 rings (SSSR count). The summed E-state index contributed by atoms with van der Waals surface area (Å²) >= 11 is 12.3. The van der Waals surface area contributed by atoms with Crippen molar-refractivity contribution in [1.82, 2.24) is 9.97 Å². The van der Waals surface area contributed by atoms with Crippen LogP contribution in [0.1, 0.15) is 5.69 Å². The van der Waals surface area contributed by atoms with Crippen LogP contribution in [0.2, 0.25) is 10.0 Å². The van der Waals surface area contributed by atoms with E-state index in [4.69, 9.17) is 23.2 Å². The summed E-state index contributed by atoms with van der Waals surface area (Å²) in [7, 11) is -0.584. The van der Waals surface area contributed by atoms with Crippen molar-refractivity contribution in [2.45, 2.75) is 6.92 Å². The predicted molar refractivity (Wildman–Crippen MR) is 98.0 cm³/mol. The van der Waals surface area contributed by atoms with Gasteiger partial charge in [0.05, 0.1) is 21.3 Å². The van der Waals surface area contributed by atoms with Gasteiger partial charge in [0.25, 0.3) is 0 Å². The molecule has 0 fully saturated rings. The van der Waals surface area contributed by atoms with Gasteiger partial charge in [-0.2, -0.15) is 0 Å². The van der Waals surface area contributed by atoms with Gasteiger partial charge in [0.1, 0.15) is 17.0 Å². The van der Waals surface area contributed by atoms with E-state index in [1.54, 1.807) is 19.1 Å². The van der Waals surface area contributed by atoms with Crippen molar-refractivity contribution >= 4 is 47.5 Å². The smallest absolute Gasteiger partial charge is 0.151 e. The molecule has 0 spiro atoms. The van der Waals surface area contributed by atoms with Gasteiger partial charge in [0.15, 0.2) is 5.82 Å². The number of nitrogens with zero attached hydrogens (tertiary/aromatic N) is 2. The maximum Gasteiger partial charge on any atom is 0.151 e. The maximum absolute atomic E-state index is 14.5. The van der Waals surface area contributed by atoms with E-state index in [1.807, 2.05) is 13.3 Å². The summed E-state index contributed by atoms with van der Waals surface area (Å²) in [6.07, 6.45) is 0. The molecule has 0 aliphatic carbocycles. The molecule has 0 amide bonds. The minimum Gasteiger partial charge on any atom is -0.250 e. The van der Waals surface area contributed by atoms with Gasteiger partial charge in [-0.3, -0.25) is 0 Å². The van der Waals surface area contributed by atoms with Crippen molar-refractivity contribution < 1.29 is 8.78 Å². The molecule has 0 saturated carbocycles. The largest absolute Gasteiger partial charge is 0.250 e. The number of rotatable bonds is 2. The second-order valence-corrected chi connectivity index (χ2v) is 8.60. The zero-order valence-electron chi connectivity index (χ0n) is 13.2. The molecular weight excluding hydrogens is 372 g/mol. The van der Waals surface area contributed by atoms with Gasteiger partial charge in [0.2, 0.25) is 0 Å². The summed E-state index contributed by atoms with van der Waals surface area (Å²) in [5.41, 5.74) is 1.47. The van der Waals surface area contributed by atoms with E-state index in [2.05, 4.69) is 9.97 Å². The van der Waals surface area contributed by atoms with Crippen LogP contribution in [0.15, 0.2) is 24.3 Å². The highest BCUT2D eigenvalue weighted by Crippen LogP contribution is 2.34. The lowest BCUT2D eigenvalue weighted by Gasteiger charge is -2.11. The summed E-state index contributed by atoms with van der Waals surface area (Å²) in [6, 6.07) is 5.87. The molecule has 0 aliphatic rings. The first-order valence-corrected chi connectivity index (χ1v) is 10.1. The highest BCUT2D eigenvalue weighted by molar-refractivity contribution is 7.64. The van der Waals surface area contributed by atoms with E-state index in [0.717, 1.165) is 0 Å². The van der Waals surface area contributed by atoms with Gasteiger partial charge >= 0.3 is 0 Å². The maximum atomic E-state index is 14.5. The topological polar surface area (TPSA) is 25.8 Å². The molecule has 2 aromatic heterocycles. The van der Waals surface area contributed by atoms with E-state index in [0.29, 0.717) is 27.6 Å². The number of benzene rings is 1. The van der Waals surface area contributed by atoms with Crippen LogP contribution in [-0.4, -0.2) is 23.3 Å². The lowest BCUT2D eigenvalue weighted by Crippen LogP contribution is -2.06. The molecule has 3 aromatic rings.